The standard InChI is InChI=1S/C24H26F2N6O3/c25-21(26)12-30-10-19-18(30)11-31(19)17-7-20(34)14(8-24(13-33)2-3-24)6-16(17)29-23(35)15-9-28-32-5-1-4-27-22(15)32/h1,4-7,9,18-19,21,33-34H,2-3,8,10-13H2,(H,29,35). The van der Waals surface area contributed by atoms with Gasteiger partial charge in [0.2, 0.25) is 0 Å². The average molecular weight is 485 g/mol. The van der Waals surface area contributed by atoms with Gasteiger partial charge in [-0.05, 0) is 42.4 Å². The fourth-order valence-corrected chi connectivity index (χ4v) is 5.26. The third-order valence-electron chi connectivity index (χ3n) is 7.63. The summed E-state index contributed by atoms with van der Waals surface area (Å²) in [7, 11) is 0. The van der Waals surface area contributed by atoms with E-state index in [9.17, 15) is 23.8 Å². The number of halogens is 2. The van der Waals surface area contributed by atoms with Gasteiger partial charge in [0, 0.05) is 44.2 Å². The minimum Gasteiger partial charge on any atom is -0.508 e. The maximum absolute atomic E-state index is 13.2. The van der Waals surface area contributed by atoms with Crippen LogP contribution in [0.1, 0.15) is 28.8 Å². The normalized spacial score (nSPS) is 22.6. The van der Waals surface area contributed by atoms with Crippen molar-refractivity contribution in [1.29, 1.82) is 0 Å². The Kier molecular flexibility index (Phi) is 5.15. The third-order valence-corrected chi connectivity index (χ3v) is 7.63. The number of aromatic hydroxyl groups is 1. The lowest BCUT2D eigenvalue weighted by atomic mass is 9.84. The monoisotopic (exact) mass is 484 g/mol. The van der Waals surface area contributed by atoms with Gasteiger partial charge >= 0.3 is 0 Å². The van der Waals surface area contributed by atoms with Gasteiger partial charge in [0.25, 0.3) is 12.3 Å². The molecule has 3 fully saturated rings. The van der Waals surface area contributed by atoms with Crippen LogP contribution in [0.2, 0.25) is 0 Å². The number of alkyl halides is 2. The van der Waals surface area contributed by atoms with E-state index in [2.05, 4.69) is 15.4 Å². The van der Waals surface area contributed by atoms with Crippen LogP contribution in [0.4, 0.5) is 20.2 Å². The molecule has 3 aromatic rings. The van der Waals surface area contributed by atoms with E-state index in [1.165, 1.54) is 10.7 Å². The number of nitrogens with zero attached hydrogens (tertiary/aromatic N) is 5. The number of phenolic OH excluding ortho intramolecular Hbond substituents is 1. The van der Waals surface area contributed by atoms with E-state index < -0.39 is 6.43 Å². The van der Waals surface area contributed by atoms with Gasteiger partial charge in [-0.3, -0.25) is 9.69 Å². The number of hydrogen-bond acceptors (Lipinski definition) is 7. The Bertz CT molecular complexity index is 1290. The summed E-state index contributed by atoms with van der Waals surface area (Å²) in [4.78, 5) is 21.3. The molecule has 1 aliphatic carbocycles. The topological polar surface area (TPSA) is 106 Å². The first kappa shape index (κ1) is 22.2. The van der Waals surface area contributed by atoms with E-state index in [1.54, 1.807) is 35.5 Å². The number of amides is 1. The van der Waals surface area contributed by atoms with Gasteiger partial charge in [0.1, 0.15) is 11.3 Å². The molecule has 4 heterocycles. The number of piperazine rings is 1. The van der Waals surface area contributed by atoms with Crippen LogP contribution in [0, 0.1) is 5.41 Å². The predicted octanol–water partition coefficient (Wildman–Crippen LogP) is 2.14. The lowest BCUT2D eigenvalue weighted by Crippen LogP contribution is -2.79. The lowest BCUT2D eigenvalue weighted by molar-refractivity contribution is -0.0309. The van der Waals surface area contributed by atoms with Gasteiger partial charge < -0.3 is 20.4 Å². The molecule has 184 valence electrons. The first-order valence-corrected chi connectivity index (χ1v) is 11.7. The highest BCUT2D eigenvalue weighted by molar-refractivity contribution is 6.09. The molecule has 3 aliphatic rings. The van der Waals surface area contributed by atoms with E-state index in [1.807, 2.05) is 4.90 Å². The second-order valence-electron chi connectivity index (χ2n) is 9.87. The number of carbonyl (C=O) groups is 1. The number of carbonyl (C=O) groups excluding carboxylic acids is 1. The van der Waals surface area contributed by atoms with Crippen molar-refractivity contribution in [3.05, 3.63) is 47.9 Å². The van der Waals surface area contributed by atoms with Crippen molar-refractivity contribution in [1.82, 2.24) is 19.5 Å². The van der Waals surface area contributed by atoms with Crippen LogP contribution >= 0.6 is 0 Å². The minimum absolute atomic E-state index is 0.0415. The molecule has 1 amide bonds. The number of nitrogens with one attached hydrogen (secondary N) is 1. The molecule has 2 aromatic heterocycles. The Morgan fingerprint density at radius 1 is 1.26 bits per heavy atom. The van der Waals surface area contributed by atoms with Gasteiger partial charge in [-0.15, -0.1) is 0 Å². The van der Waals surface area contributed by atoms with E-state index in [4.69, 9.17) is 0 Å². The lowest BCUT2D eigenvalue weighted by Gasteiger charge is -2.63. The number of aliphatic hydroxyl groups is 1. The van der Waals surface area contributed by atoms with E-state index >= 15 is 0 Å². The summed E-state index contributed by atoms with van der Waals surface area (Å²) in [5, 5.41) is 27.7. The Balaban J connectivity index is 1.30. The second kappa shape index (κ2) is 8.13. The van der Waals surface area contributed by atoms with Crippen LogP contribution in [0.3, 0.4) is 0 Å². The van der Waals surface area contributed by atoms with Crippen LogP contribution < -0.4 is 10.2 Å². The zero-order chi connectivity index (χ0) is 24.3. The van der Waals surface area contributed by atoms with Crippen LogP contribution in [0.15, 0.2) is 36.8 Å². The molecular formula is C24H26F2N6O3. The molecule has 0 bridgehead atoms. The SMILES string of the molecule is O=C(Nc1cc(CC2(CO)CC2)c(O)cc1N1CC2C1CN2CC(F)F)c1cnn2cccnc12. The number of aromatic nitrogens is 3. The molecule has 1 saturated carbocycles. The zero-order valence-electron chi connectivity index (χ0n) is 18.9. The van der Waals surface area contributed by atoms with Gasteiger partial charge in [-0.1, -0.05) is 0 Å². The van der Waals surface area contributed by atoms with Crippen molar-refractivity contribution < 1.29 is 23.8 Å². The molecule has 2 saturated heterocycles. The van der Waals surface area contributed by atoms with Crippen molar-refractivity contribution in [3.8, 4) is 5.75 Å². The minimum atomic E-state index is -2.37. The smallest absolute Gasteiger partial charge is 0.261 e. The molecule has 3 N–H and O–H groups in total. The van der Waals surface area contributed by atoms with E-state index in [0.29, 0.717) is 47.7 Å². The van der Waals surface area contributed by atoms with E-state index in [-0.39, 0.29) is 42.3 Å². The van der Waals surface area contributed by atoms with Crippen molar-refractivity contribution in [2.75, 3.05) is 36.5 Å². The highest BCUT2D eigenvalue weighted by Crippen LogP contribution is 2.50. The first-order valence-electron chi connectivity index (χ1n) is 11.7. The molecule has 11 heteroatoms. The molecule has 6 rings (SSSR count). The number of likely N-dealkylation sites (tertiary alicyclic amines) is 1. The van der Waals surface area contributed by atoms with Crippen molar-refractivity contribution >= 4 is 22.9 Å². The molecular weight excluding hydrogens is 458 g/mol. The van der Waals surface area contributed by atoms with Gasteiger partial charge in [-0.2, -0.15) is 5.10 Å². The Hall–Kier alpha value is -3.31. The fraction of sp³-hybridized carbons (Fsp3) is 0.458. The summed E-state index contributed by atoms with van der Waals surface area (Å²) < 4.78 is 27.1. The zero-order valence-corrected chi connectivity index (χ0v) is 18.9. The Labute approximate surface area is 200 Å². The van der Waals surface area contributed by atoms with Crippen molar-refractivity contribution in [2.45, 2.75) is 37.8 Å². The number of aliphatic hydroxyl groups excluding tert-OH is 1. The summed E-state index contributed by atoms with van der Waals surface area (Å²) in [5.74, 6) is -0.285. The number of phenols is 1. The Morgan fingerprint density at radius 2 is 2.09 bits per heavy atom. The first-order chi connectivity index (χ1) is 16.9. The Morgan fingerprint density at radius 3 is 2.77 bits per heavy atom. The number of anilines is 2. The average Bonchev–Trinajstić information content (AvgIpc) is 3.46. The highest BCUT2D eigenvalue weighted by atomic mass is 19.3. The largest absolute Gasteiger partial charge is 0.508 e. The molecule has 1 aromatic carbocycles. The number of fused-ring (bicyclic) bond motifs is 2. The summed E-state index contributed by atoms with van der Waals surface area (Å²) in [5.41, 5.74) is 2.34. The number of rotatable bonds is 8. The summed E-state index contributed by atoms with van der Waals surface area (Å²) in [6.45, 7) is 0.849. The number of benzene rings is 1. The number of hydrogen-bond donors (Lipinski definition) is 3. The van der Waals surface area contributed by atoms with Gasteiger partial charge in [0.15, 0.2) is 5.65 Å². The molecule has 0 spiro atoms. The second-order valence-corrected chi connectivity index (χ2v) is 9.87. The molecule has 2 atom stereocenters. The molecule has 2 aliphatic heterocycles. The predicted molar refractivity (Wildman–Crippen MR) is 124 cm³/mol. The molecule has 9 nitrogen and oxygen atoms in total. The third kappa shape index (κ3) is 3.79. The highest BCUT2D eigenvalue weighted by Gasteiger charge is 2.52. The molecule has 2 unspecified atom stereocenters. The fourth-order valence-electron chi connectivity index (χ4n) is 5.26. The summed E-state index contributed by atoms with van der Waals surface area (Å²) in [6.07, 6.45) is 4.65. The quantitative estimate of drug-likeness (QED) is 0.421. The van der Waals surface area contributed by atoms with Crippen LogP contribution in [0.25, 0.3) is 5.65 Å². The van der Waals surface area contributed by atoms with Gasteiger partial charge in [-0.25, -0.2) is 18.3 Å². The van der Waals surface area contributed by atoms with Crippen LogP contribution in [0.5, 0.6) is 5.75 Å². The van der Waals surface area contributed by atoms with Crippen molar-refractivity contribution in [3.63, 3.8) is 0 Å². The summed E-state index contributed by atoms with van der Waals surface area (Å²) >= 11 is 0. The van der Waals surface area contributed by atoms with Crippen LogP contribution in [-0.4, -0.2) is 80.4 Å². The molecule has 0 radical (unpaired) electrons. The van der Waals surface area contributed by atoms with Crippen LogP contribution in [-0.2, 0) is 6.42 Å². The molecule has 35 heavy (non-hydrogen) atoms. The summed E-state index contributed by atoms with van der Waals surface area (Å²) in [6, 6.07) is 5.22. The van der Waals surface area contributed by atoms with E-state index in [0.717, 1.165) is 12.8 Å². The van der Waals surface area contributed by atoms with Crippen molar-refractivity contribution in [2.24, 2.45) is 5.41 Å². The van der Waals surface area contributed by atoms with Gasteiger partial charge in [0.05, 0.1) is 30.2 Å². The maximum atomic E-state index is 13.2. The maximum Gasteiger partial charge on any atom is 0.261 e.